The second kappa shape index (κ2) is 6.97. The first-order valence-electron chi connectivity index (χ1n) is 6.26. The Kier molecular flexibility index (Phi) is 5.01. The van der Waals surface area contributed by atoms with E-state index in [1.807, 2.05) is 5.43 Å². The maximum atomic E-state index is 12.2. The van der Waals surface area contributed by atoms with Crippen molar-refractivity contribution in [3.63, 3.8) is 0 Å². The third kappa shape index (κ3) is 3.80. The fourth-order valence-corrected chi connectivity index (χ4v) is 2.64. The first kappa shape index (κ1) is 17.2. The average Bonchev–Trinajstić information content (AvgIpc) is 2.59. The van der Waals surface area contributed by atoms with Crippen molar-refractivity contribution < 1.29 is 22.9 Å². The van der Waals surface area contributed by atoms with Crippen LogP contribution in [0.3, 0.4) is 0 Å². The van der Waals surface area contributed by atoms with Crippen molar-refractivity contribution in [3.8, 4) is 5.75 Å². The lowest BCUT2D eigenvalue weighted by Crippen LogP contribution is -2.42. The van der Waals surface area contributed by atoms with Gasteiger partial charge in [0.25, 0.3) is 21.6 Å². The molecule has 0 saturated heterocycles. The third-order valence-electron chi connectivity index (χ3n) is 2.75. The molecule has 0 unspecified atom stereocenters. The molecule has 2 N–H and O–H groups in total. The molecule has 24 heavy (non-hydrogen) atoms. The number of nitrogens with one attached hydrogen (secondary N) is 2. The fraction of sp³-hybridized carbons (Fsp3) is 0.0833. The van der Waals surface area contributed by atoms with Crippen LogP contribution in [0.4, 0.5) is 5.69 Å². The van der Waals surface area contributed by atoms with Crippen molar-refractivity contribution in [2.24, 2.45) is 0 Å². The number of methoxy groups -OCH3 is 1. The van der Waals surface area contributed by atoms with Crippen LogP contribution in [0.15, 0.2) is 41.7 Å². The Bertz CT molecular complexity index is 871. The zero-order chi connectivity index (χ0) is 17.7. The van der Waals surface area contributed by atoms with Gasteiger partial charge in [-0.25, -0.2) is 13.4 Å². The number of aromatic nitrogens is 2. The first-order chi connectivity index (χ1) is 11.3. The Labute approximate surface area is 135 Å². The minimum atomic E-state index is -4.39. The molecule has 2 rings (SSSR count). The van der Waals surface area contributed by atoms with Gasteiger partial charge in [-0.3, -0.25) is 25.3 Å². The Balaban J connectivity index is 2.25. The smallest absolute Gasteiger partial charge is 0.293 e. The van der Waals surface area contributed by atoms with Gasteiger partial charge in [0.15, 0.2) is 4.90 Å². The van der Waals surface area contributed by atoms with Gasteiger partial charge in [0.2, 0.25) is 0 Å². The number of hydrazine groups is 1. The number of sulfonamides is 1. The molecule has 0 aliphatic rings. The van der Waals surface area contributed by atoms with E-state index in [9.17, 15) is 23.3 Å². The van der Waals surface area contributed by atoms with Gasteiger partial charge in [0.05, 0.1) is 24.3 Å². The van der Waals surface area contributed by atoms with Crippen molar-refractivity contribution in [1.82, 2.24) is 20.2 Å². The van der Waals surface area contributed by atoms with Gasteiger partial charge in [-0.1, -0.05) is 0 Å². The van der Waals surface area contributed by atoms with E-state index in [1.165, 1.54) is 25.6 Å². The molecule has 0 saturated carbocycles. The minimum Gasteiger partial charge on any atom is -0.497 e. The lowest BCUT2D eigenvalue weighted by atomic mass is 10.3. The molecule has 1 aromatic carbocycles. The van der Waals surface area contributed by atoms with Crippen LogP contribution in [0.1, 0.15) is 10.5 Å². The average molecular weight is 353 g/mol. The molecule has 0 bridgehead atoms. The van der Waals surface area contributed by atoms with Gasteiger partial charge in [-0.05, 0) is 12.1 Å². The van der Waals surface area contributed by atoms with Crippen LogP contribution < -0.4 is 15.0 Å². The molecule has 0 aliphatic heterocycles. The quantitative estimate of drug-likeness (QED) is 0.544. The summed E-state index contributed by atoms with van der Waals surface area (Å²) in [5, 5.41) is 11.0. The summed E-state index contributed by atoms with van der Waals surface area (Å²) in [7, 11) is -3.11. The second-order valence-electron chi connectivity index (χ2n) is 4.24. The molecule has 1 aromatic heterocycles. The van der Waals surface area contributed by atoms with Crippen LogP contribution in [0.25, 0.3) is 0 Å². The topological polar surface area (TPSA) is 153 Å². The number of carbonyl (C=O) groups is 1. The summed E-state index contributed by atoms with van der Waals surface area (Å²) >= 11 is 0. The van der Waals surface area contributed by atoms with Crippen LogP contribution >= 0.6 is 0 Å². The predicted octanol–water partition coefficient (Wildman–Crippen LogP) is 0.0167. The molecule has 11 nitrogen and oxygen atoms in total. The number of hydrogen-bond donors (Lipinski definition) is 2. The molecule has 1 amide bonds. The van der Waals surface area contributed by atoms with Gasteiger partial charge in [-0.15, -0.1) is 4.83 Å². The van der Waals surface area contributed by atoms with Crippen molar-refractivity contribution >= 4 is 21.6 Å². The number of benzene rings is 1. The zero-order valence-corrected chi connectivity index (χ0v) is 13.0. The monoisotopic (exact) mass is 353 g/mol. The van der Waals surface area contributed by atoms with Crippen LogP contribution in [-0.2, 0) is 10.0 Å². The van der Waals surface area contributed by atoms with E-state index in [1.54, 1.807) is 4.83 Å². The van der Waals surface area contributed by atoms with Crippen LogP contribution in [0.2, 0.25) is 0 Å². The summed E-state index contributed by atoms with van der Waals surface area (Å²) in [5.74, 6) is -0.757. The lowest BCUT2D eigenvalue weighted by molar-refractivity contribution is -0.387. The zero-order valence-electron chi connectivity index (χ0n) is 12.2. The standard InChI is InChI=1S/C12H11N5O6S/c1-23-8-2-3-11(10(6-8)17(19)20)24(21,22)16-15-12(18)9-7-13-4-5-14-9/h2-7,16H,1H3,(H,15,18). The molecule has 126 valence electrons. The predicted molar refractivity (Wildman–Crippen MR) is 79.5 cm³/mol. The van der Waals surface area contributed by atoms with E-state index in [0.29, 0.717) is 0 Å². The molecule has 0 spiro atoms. The number of ether oxygens (including phenoxy) is 1. The molecular formula is C12H11N5O6S. The van der Waals surface area contributed by atoms with E-state index in [-0.39, 0.29) is 11.4 Å². The summed E-state index contributed by atoms with van der Waals surface area (Å²) in [6.45, 7) is 0. The third-order valence-corrected chi connectivity index (χ3v) is 4.04. The van der Waals surface area contributed by atoms with Gasteiger partial charge in [-0.2, -0.15) is 0 Å². The van der Waals surface area contributed by atoms with Crippen molar-refractivity contribution in [1.29, 1.82) is 0 Å². The maximum Gasteiger partial charge on any atom is 0.293 e. The van der Waals surface area contributed by atoms with Crippen molar-refractivity contribution in [2.75, 3.05) is 7.11 Å². The molecule has 0 radical (unpaired) electrons. The lowest BCUT2D eigenvalue weighted by Gasteiger charge is -2.09. The summed E-state index contributed by atoms with van der Waals surface area (Å²) in [5.41, 5.74) is 1.07. The van der Waals surface area contributed by atoms with Crippen molar-refractivity contribution in [3.05, 3.63) is 52.6 Å². The number of amides is 1. The highest BCUT2D eigenvalue weighted by Gasteiger charge is 2.27. The van der Waals surface area contributed by atoms with Crippen LogP contribution in [0, 0.1) is 10.1 Å². The largest absolute Gasteiger partial charge is 0.497 e. The highest BCUT2D eigenvalue weighted by Crippen LogP contribution is 2.27. The van der Waals surface area contributed by atoms with Crippen molar-refractivity contribution in [2.45, 2.75) is 4.90 Å². The Morgan fingerprint density at radius 2 is 2.08 bits per heavy atom. The molecule has 0 aliphatic carbocycles. The Morgan fingerprint density at radius 3 is 2.67 bits per heavy atom. The Morgan fingerprint density at radius 1 is 1.33 bits per heavy atom. The number of hydrogen-bond acceptors (Lipinski definition) is 8. The maximum absolute atomic E-state index is 12.2. The molecular weight excluding hydrogens is 342 g/mol. The summed E-state index contributed by atoms with van der Waals surface area (Å²) in [6, 6.07) is 3.19. The highest BCUT2D eigenvalue weighted by molar-refractivity contribution is 7.89. The fourth-order valence-electron chi connectivity index (χ4n) is 1.64. The molecule has 2 aromatic rings. The molecule has 0 fully saturated rings. The highest BCUT2D eigenvalue weighted by atomic mass is 32.2. The van der Waals surface area contributed by atoms with E-state index in [0.717, 1.165) is 18.3 Å². The van der Waals surface area contributed by atoms with E-state index < -0.39 is 31.4 Å². The number of nitro groups is 1. The summed E-state index contributed by atoms with van der Waals surface area (Å²) < 4.78 is 29.2. The molecule has 12 heteroatoms. The van der Waals surface area contributed by atoms with Crippen LogP contribution in [0.5, 0.6) is 5.75 Å². The van der Waals surface area contributed by atoms with Gasteiger partial charge in [0, 0.05) is 12.4 Å². The van der Waals surface area contributed by atoms with E-state index in [2.05, 4.69) is 9.97 Å². The van der Waals surface area contributed by atoms with Crippen LogP contribution in [-0.4, -0.2) is 36.3 Å². The van der Waals surface area contributed by atoms with Gasteiger partial charge in [0.1, 0.15) is 11.4 Å². The molecule has 0 atom stereocenters. The summed E-state index contributed by atoms with van der Waals surface area (Å²) in [4.78, 5) is 30.4. The minimum absolute atomic E-state index is 0.115. The first-order valence-corrected chi connectivity index (χ1v) is 7.74. The Hall–Kier alpha value is -3.12. The van der Waals surface area contributed by atoms with Gasteiger partial charge < -0.3 is 4.74 Å². The number of carbonyl (C=O) groups excluding carboxylic acids is 1. The number of nitro benzene ring substituents is 1. The molecule has 1 heterocycles. The second-order valence-corrected chi connectivity index (χ2v) is 5.89. The van der Waals surface area contributed by atoms with E-state index in [4.69, 9.17) is 4.74 Å². The SMILES string of the molecule is COc1ccc(S(=O)(=O)NNC(=O)c2cnccn2)c([N+](=O)[O-])c1. The van der Waals surface area contributed by atoms with E-state index >= 15 is 0 Å². The number of rotatable bonds is 6. The van der Waals surface area contributed by atoms with Gasteiger partial charge >= 0.3 is 0 Å². The normalized spacial score (nSPS) is 10.9. The number of nitrogens with zero attached hydrogens (tertiary/aromatic N) is 3. The summed E-state index contributed by atoms with van der Waals surface area (Å²) in [6.07, 6.45) is 3.71.